The van der Waals surface area contributed by atoms with Gasteiger partial charge in [-0.1, -0.05) is 44.9 Å². The Morgan fingerprint density at radius 3 is 2.30 bits per heavy atom. The molecule has 0 spiro atoms. The lowest BCUT2D eigenvalue weighted by Gasteiger charge is -2.36. The number of rotatable bonds is 6. The van der Waals surface area contributed by atoms with Gasteiger partial charge < -0.3 is 10.2 Å². The third-order valence-electron chi connectivity index (χ3n) is 6.63. The molecule has 0 bridgehead atoms. The summed E-state index contributed by atoms with van der Waals surface area (Å²) in [5.41, 5.74) is -0.659. The van der Waals surface area contributed by atoms with E-state index in [4.69, 9.17) is 0 Å². The maximum absolute atomic E-state index is 12.4. The molecule has 6 heteroatoms. The average Bonchev–Trinajstić information content (AvgIpc) is 3.21. The van der Waals surface area contributed by atoms with Gasteiger partial charge >= 0.3 is 0 Å². The zero-order valence-electron chi connectivity index (χ0n) is 16.5. The molecular weight excluding hydrogens is 340 g/mol. The van der Waals surface area contributed by atoms with Crippen LogP contribution < -0.4 is 5.32 Å². The predicted octanol–water partition coefficient (Wildman–Crippen LogP) is 2.44. The Morgan fingerprint density at radius 2 is 1.67 bits per heavy atom. The van der Waals surface area contributed by atoms with E-state index in [1.807, 2.05) is 4.90 Å². The summed E-state index contributed by atoms with van der Waals surface area (Å²) in [5, 5.41) is 12.5. The largest absolute Gasteiger partial charge is 0.340 e. The number of amides is 2. The Hall–Kier alpha value is -1.61. The van der Waals surface area contributed by atoms with Crippen LogP contribution in [0.2, 0.25) is 0 Å². The highest BCUT2D eigenvalue weighted by Gasteiger charge is 2.34. The first-order chi connectivity index (χ1) is 13.1. The summed E-state index contributed by atoms with van der Waals surface area (Å²) in [4.78, 5) is 28.9. The minimum atomic E-state index is -0.659. The molecule has 0 unspecified atom stereocenters. The molecule has 0 aromatic carbocycles. The lowest BCUT2D eigenvalue weighted by Crippen LogP contribution is -2.55. The first kappa shape index (κ1) is 20.1. The summed E-state index contributed by atoms with van der Waals surface area (Å²) >= 11 is 0. The van der Waals surface area contributed by atoms with E-state index >= 15 is 0 Å². The molecule has 0 radical (unpaired) electrons. The molecule has 2 aliphatic carbocycles. The molecule has 0 atom stereocenters. The minimum Gasteiger partial charge on any atom is -0.340 e. The molecule has 27 heavy (non-hydrogen) atoms. The SMILES string of the molecule is N#CC1(NC(=O)CN2CCN(C(=O)CCC3CCCC3)CC2)CCCCC1. The second-order valence-electron chi connectivity index (χ2n) is 8.65. The summed E-state index contributed by atoms with van der Waals surface area (Å²) in [7, 11) is 0. The molecule has 3 aliphatic rings. The number of carbonyl (C=O) groups is 2. The molecule has 0 aromatic rings. The van der Waals surface area contributed by atoms with Crippen LogP contribution in [-0.4, -0.2) is 59.9 Å². The number of piperazine rings is 1. The van der Waals surface area contributed by atoms with Crippen LogP contribution in [0.1, 0.15) is 70.6 Å². The fraction of sp³-hybridized carbons (Fsp3) is 0.857. The van der Waals surface area contributed by atoms with Gasteiger partial charge in [-0.2, -0.15) is 5.26 Å². The van der Waals surface area contributed by atoms with Gasteiger partial charge in [0.05, 0.1) is 12.6 Å². The predicted molar refractivity (Wildman–Crippen MR) is 104 cm³/mol. The summed E-state index contributed by atoms with van der Waals surface area (Å²) in [6.07, 6.45) is 11.6. The molecule has 3 rings (SSSR count). The van der Waals surface area contributed by atoms with Crippen molar-refractivity contribution in [2.24, 2.45) is 5.92 Å². The number of carbonyl (C=O) groups excluding carboxylic acids is 2. The van der Waals surface area contributed by atoms with Crippen LogP contribution >= 0.6 is 0 Å². The van der Waals surface area contributed by atoms with E-state index in [9.17, 15) is 14.9 Å². The van der Waals surface area contributed by atoms with Gasteiger partial charge in [0.2, 0.25) is 11.8 Å². The third-order valence-corrected chi connectivity index (χ3v) is 6.63. The van der Waals surface area contributed by atoms with Crippen molar-refractivity contribution in [3.05, 3.63) is 0 Å². The van der Waals surface area contributed by atoms with E-state index in [0.29, 0.717) is 26.1 Å². The quantitative estimate of drug-likeness (QED) is 0.775. The molecule has 1 heterocycles. The van der Waals surface area contributed by atoms with E-state index in [2.05, 4.69) is 16.3 Å². The fourth-order valence-corrected chi connectivity index (χ4v) is 4.87. The van der Waals surface area contributed by atoms with Crippen LogP contribution in [0.5, 0.6) is 0 Å². The number of nitriles is 1. The zero-order valence-corrected chi connectivity index (χ0v) is 16.5. The van der Waals surface area contributed by atoms with E-state index in [0.717, 1.165) is 57.5 Å². The van der Waals surface area contributed by atoms with Gasteiger partial charge in [0.25, 0.3) is 0 Å². The Kier molecular flexibility index (Phi) is 7.12. The van der Waals surface area contributed by atoms with Crippen molar-refractivity contribution in [3.8, 4) is 6.07 Å². The van der Waals surface area contributed by atoms with Crippen LogP contribution in [0.4, 0.5) is 0 Å². The second-order valence-corrected chi connectivity index (χ2v) is 8.65. The van der Waals surface area contributed by atoms with E-state index < -0.39 is 5.54 Å². The van der Waals surface area contributed by atoms with E-state index in [1.165, 1.54) is 25.7 Å². The van der Waals surface area contributed by atoms with Crippen LogP contribution in [0.3, 0.4) is 0 Å². The molecule has 6 nitrogen and oxygen atoms in total. The molecular formula is C21H34N4O2. The molecule has 1 aliphatic heterocycles. The normalized spacial score (nSPS) is 23.7. The number of nitrogens with zero attached hydrogens (tertiary/aromatic N) is 3. The number of hydrogen-bond donors (Lipinski definition) is 1. The minimum absolute atomic E-state index is 0.0561. The topological polar surface area (TPSA) is 76.4 Å². The van der Waals surface area contributed by atoms with Crippen LogP contribution in [0, 0.1) is 17.2 Å². The van der Waals surface area contributed by atoms with Gasteiger partial charge in [-0.25, -0.2) is 0 Å². The van der Waals surface area contributed by atoms with Crippen LogP contribution in [-0.2, 0) is 9.59 Å². The first-order valence-corrected chi connectivity index (χ1v) is 10.8. The van der Waals surface area contributed by atoms with Crippen molar-refractivity contribution >= 4 is 11.8 Å². The summed E-state index contributed by atoms with van der Waals surface area (Å²) < 4.78 is 0. The Morgan fingerprint density at radius 1 is 1.00 bits per heavy atom. The van der Waals surface area contributed by atoms with Gasteiger partial charge in [-0.15, -0.1) is 0 Å². The Bertz CT molecular complexity index is 551. The highest BCUT2D eigenvalue weighted by Crippen LogP contribution is 2.29. The van der Waals surface area contributed by atoms with Gasteiger partial charge in [-0.3, -0.25) is 14.5 Å². The van der Waals surface area contributed by atoms with Crippen LogP contribution in [0.25, 0.3) is 0 Å². The standard InChI is InChI=1S/C21H34N4O2/c22-17-21(10-4-1-5-11-21)23-19(26)16-24-12-14-25(15-13-24)20(27)9-8-18-6-2-3-7-18/h18H,1-16H2,(H,23,26). The van der Waals surface area contributed by atoms with Gasteiger partial charge in [0.1, 0.15) is 5.54 Å². The van der Waals surface area contributed by atoms with Gasteiger partial charge in [-0.05, 0) is 25.2 Å². The monoisotopic (exact) mass is 374 g/mol. The zero-order chi connectivity index (χ0) is 19.1. The van der Waals surface area contributed by atoms with Gasteiger partial charge in [0, 0.05) is 32.6 Å². The van der Waals surface area contributed by atoms with Crippen molar-refractivity contribution in [3.63, 3.8) is 0 Å². The highest BCUT2D eigenvalue weighted by atomic mass is 16.2. The molecule has 150 valence electrons. The van der Waals surface area contributed by atoms with Gasteiger partial charge in [0.15, 0.2) is 0 Å². The van der Waals surface area contributed by atoms with E-state index in [-0.39, 0.29) is 11.8 Å². The van der Waals surface area contributed by atoms with Crippen molar-refractivity contribution in [2.75, 3.05) is 32.7 Å². The smallest absolute Gasteiger partial charge is 0.235 e. The lowest BCUT2D eigenvalue weighted by atomic mass is 9.83. The first-order valence-electron chi connectivity index (χ1n) is 10.8. The van der Waals surface area contributed by atoms with Crippen LogP contribution in [0.15, 0.2) is 0 Å². The Balaban J connectivity index is 1.36. The van der Waals surface area contributed by atoms with Crippen molar-refractivity contribution in [2.45, 2.75) is 76.2 Å². The average molecular weight is 375 g/mol. The second kappa shape index (κ2) is 9.54. The maximum Gasteiger partial charge on any atom is 0.235 e. The lowest BCUT2D eigenvalue weighted by molar-refractivity contribution is -0.133. The summed E-state index contributed by atoms with van der Waals surface area (Å²) in [6.45, 7) is 3.22. The number of nitrogens with one attached hydrogen (secondary N) is 1. The fourth-order valence-electron chi connectivity index (χ4n) is 4.87. The number of hydrogen-bond acceptors (Lipinski definition) is 4. The molecule has 1 saturated heterocycles. The summed E-state index contributed by atoms with van der Waals surface area (Å²) in [5.74, 6) is 0.974. The Labute approximate surface area is 163 Å². The third kappa shape index (κ3) is 5.68. The molecule has 3 fully saturated rings. The van der Waals surface area contributed by atoms with Crippen molar-refractivity contribution < 1.29 is 9.59 Å². The molecule has 0 aromatic heterocycles. The molecule has 1 N–H and O–H groups in total. The highest BCUT2D eigenvalue weighted by molar-refractivity contribution is 5.79. The van der Waals surface area contributed by atoms with Crippen molar-refractivity contribution in [1.82, 2.24) is 15.1 Å². The van der Waals surface area contributed by atoms with Crippen molar-refractivity contribution in [1.29, 1.82) is 5.26 Å². The molecule has 2 amide bonds. The molecule has 2 saturated carbocycles. The van der Waals surface area contributed by atoms with E-state index in [1.54, 1.807) is 0 Å². The summed E-state index contributed by atoms with van der Waals surface area (Å²) in [6, 6.07) is 2.34. The maximum atomic E-state index is 12.4.